The highest BCUT2D eigenvalue weighted by atomic mass is 35.5. The zero-order valence-corrected chi connectivity index (χ0v) is 11.9. The van der Waals surface area contributed by atoms with Crippen molar-refractivity contribution in [1.82, 2.24) is 4.98 Å². The van der Waals surface area contributed by atoms with Crippen LogP contribution in [0.1, 0.15) is 12.2 Å². The minimum atomic E-state index is -0.0827. The molecule has 0 atom stereocenters. The summed E-state index contributed by atoms with van der Waals surface area (Å²) >= 11 is 6.13. The molecular weight excluding hydrogens is 288 g/mol. The van der Waals surface area contributed by atoms with Gasteiger partial charge >= 0.3 is 0 Å². The lowest BCUT2D eigenvalue weighted by Gasteiger charge is -2.08. The number of hydrogen-bond acceptors (Lipinski definition) is 3. The highest BCUT2D eigenvalue weighted by Crippen LogP contribution is 2.28. The first-order valence-corrected chi connectivity index (χ1v) is 6.97. The van der Waals surface area contributed by atoms with E-state index in [2.05, 4.69) is 10.3 Å². The standard InChI is InChI=1S/C16H13ClN2O2/c17-13-6-7-14(16-12(13)4-1-9-18-16)19-15(20)8-5-11-3-2-10-21-11/h1-4,6-7,9-10H,5,8H2,(H,19,20). The van der Waals surface area contributed by atoms with E-state index >= 15 is 0 Å². The van der Waals surface area contributed by atoms with Crippen LogP contribution >= 0.6 is 11.6 Å². The Balaban J connectivity index is 1.75. The van der Waals surface area contributed by atoms with Gasteiger partial charge in [0.1, 0.15) is 5.76 Å². The third-order valence-electron chi connectivity index (χ3n) is 3.17. The molecule has 1 aromatic carbocycles. The second kappa shape index (κ2) is 5.97. The number of furan rings is 1. The van der Waals surface area contributed by atoms with Gasteiger partial charge < -0.3 is 9.73 Å². The van der Waals surface area contributed by atoms with E-state index in [9.17, 15) is 4.79 Å². The summed E-state index contributed by atoms with van der Waals surface area (Å²) in [4.78, 5) is 16.3. The molecule has 0 spiro atoms. The molecule has 21 heavy (non-hydrogen) atoms. The van der Waals surface area contributed by atoms with Crippen LogP contribution in [0.15, 0.2) is 53.3 Å². The SMILES string of the molecule is O=C(CCc1ccco1)Nc1ccc(Cl)c2cccnc12. The Hall–Kier alpha value is -2.33. The van der Waals surface area contributed by atoms with Crippen LogP contribution in [-0.2, 0) is 11.2 Å². The van der Waals surface area contributed by atoms with Gasteiger partial charge in [0, 0.05) is 24.4 Å². The van der Waals surface area contributed by atoms with Gasteiger partial charge in [0.25, 0.3) is 0 Å². The predicted octanol–water partition coefficient (Wildman–Crippen LogP) is 4.05. The number of aryl methyl sites for hydroxylation is 1. The van der Waals surface area contributed by atoms with E-state index in [-0.39, 0.29) is 5.91 Å². The van der Waals surface area contributed by atoms with Crippen molar-refractivity contribution in [1.29, 1.82) is 0 Å². The molecule has 1 amide bonds. The van der Waals surface area contributed by atoms with Crippen molar-refractivity contribution in [3.63, 3.8) is 0 Å². The van der Waals surface area contributed by atoms with Crippen LogP contribution in [-0.4, -0.2) is 10.9 Å². The van der Waals surface area contributed by atoms with Gasteiger partial charge in [-0.25, -0.2) is 0 Å². The average molecular weight is 301 g/mol. The summed E-state index contributed by atoms with van der Waals surface area (Å²) in [5.41, 5.74) is 1.36. The largest absolute Gasteiger partial charge is 0.469 e. The Morgan fingerprint density at radius 3 is 2.95 bits per heavy atom. The topological polar surface area (TPSA) is 55.1 Å². The van der Waals surface area contributed by atoms with Gasteiger partial charge in [0.15, 0.2) is 0 Å². The van der Waals surface area contributed by atoms with E-state index in [4.69, 9.17) is 16.0 Å². The molecule has 0 aliphatic rings. The van der Waals surface area contributed by atoms with E-state index in [1.807, 2.05) is 24.3 Å². The highest BCUT2D eigenvalue weighted by molar-refractivity contribution is 6.35. The molecule has 0 bridgehead atoms. The molecule has 0 radical (unpaired) electrons. The number of halogens is 1. The monoisotopic (exact) mass is 300 g/mol. The smallest absolute Gasteiger partial charge is 0.224 e. The number of hydrogen-bond donors (Lipinski definition) is 1. The molecule has 0 fully saturated rings. The molecule has 0 unspecified atom stereocenters. The number of nitrogens with zero attached hydrogens (tertiary/aromatic N) is 1. The number of carbonyl (C=O) groups is 1. The van der Waals surface area contributed by atoms with Gasteiger partial charge in [-0.2, -0.15) is 0 Å². The van der Waals surface area contributed by atoms with E-state index in [0.29, 0.717) is 29.1 Å². The lowest BCUT2D eigenvalue weighted by molar-refractivity contribution is -0.116. The Kier molecular flexibility index (Phi) is 3.88. The third-order valence-corrected chi connectivity index (χ3v) is 3.50. The summed E-state index contributed by atoms with van der Waals surface area (Å²) in [5.74, 6) is 0.713. The molecule has 0 aliphatic carbocycles. The lowest BCUT2D eigenvalue weighted by Crippen LogP contribution is -2.12. The van der Waals surface area contributed by atoms with E-state index in [0.717, 1.165) is 11.1 Å². The Bertz CT molecular complexity index is 769. The lowest BCUT2D eigenvalue weighted by atomic mass is 10.2. The summed E-state index contributed by atoms with van der Waals surface area (Å²) in [6, 6.07) is 10.9. The molecule has 1 N–H and O–H groups in total. The first-order valence-electron chi connectivity index (χ1n) is 6.59. The molecule has 2 heterocycles. The average Bonchev–Trinajstić information content (AvgIpc) is 3.02. The second-order valence-electron chi connectivity index (χ2n) is 4.62. The van der Waals surface area contributed by atoms with Gasteiger partial charge in [0.05, 0.1) is 22.5 Å². The Morgan fingerprint density at radius 1 is 1.24 bits per heavy atom. The van der Waals surface area contributed by atoms with Gasteiger partial charge in [-0.1, -0.05) is 11.6 Å². The maximum absolute atomic E-state index is 12.0. The van der Waals surface area contributed by atoms with Crippen LogP contribution in [0.5, 0.6) is 0 Å². The van der Waals surface area contributed by atoms with Crippen LogP contribution in [0.2, 0.25) is 5.02 Å². The van der Waals surface area contributed by atoms with Crippen molar-refractivity contribution in [2.75, 3.05) is 5.32 Å². The molecular formula is C16H13ClN2O2. The molecule has 0 saturated heterocycles. The third kappa shape index (κ3) is 3.06. The van der Waals surface area contributed by atoms with Crippen molar-refractivity contribution < 1.29 is 9.21 Å². The Morgan fingerprint density at radius 2 is 2.14 bits per heavy atom. The minimum absolute atomic E-state index is 0.0827. The van der Waals surface area contributed by atoms with Crippen molar-refractivity contribution in [2.45, 2.75) is 12.8 Å². The molecule has 3 aromatic rings. The van der Waals surface area contributed by atoms with Gasteiger partial charge in [-0.05, 0) is 36.4 Å². The van der Waals surface area contributed by atoms with E-state index in [1.54, 1.807) is 24.6 Å². The van der Waals surface area contributed by atoms with Crippen molar-refractivity contribution in [3.8, 4) is 0 Å². The summed E-state index contributed by atoms with van der Waals surface area (Å²) < 4.78 is 5.21. The van der Waals surface area contributed by atoms with Crippen LogP contribution in [0.4, 0.5) is 5.69 Å². The van der Waals surface area contributed by atoms with Crippen LogP contribution in [0.25, 0.3) is 10.9 Å². The summed E-state index contributed by atoms with van der Waals surface area (Å²) in [5, 5.41) is 4.31. The molecule has 0 aliphatic heterocycles. The molecule has 0 saturated carbocycles. The molecule has 2 aromatic heterocycles. The fourth-order valence-corrected chi connectivity index (χ4v) is 2.36. The number of amides is 1. The number of carbonyl (C=O) groups excluding carboxylic acids is 1. The van der Waals surface area contributed by atoms with Crippen molar-refractivity contribution >= 4 is 34.1 Å². The van der Waals surface area contributed by atoms with Crippen LogP contribution < -0.4 is 5.32 Å². The fourth-order valence-electron chi connectivity index (χ4n) is 2.14. The van der Waals surface area contributed by atoms with Gasteiger partial charge in [-0.3, -0.25) is 9.78 Å². The number of aromatic nitrogens is 1. The number of anilines is 1. The predicted molar refractivity (Wildman–Crippen MR) is 82.4 cm³/mol. The summed E-state index contributed by atoms with van der Waals surface area (Å²) in [6.45, 7) is 0. The van der Waals surface area contributed by atoms with Crippen molar-refractivity contribution in [3.05, 3.63) is 59.6 Å². The zero-order valence-electron chi connectivity index (χ0n) is 11.2. The number of benzene rings is 1. The van der Waals surface area contributed by atoms with Crippen LogP contribution in [0.3, 0.4) is 0 Å². The second-order valence-corrected chi connectivity index (χ2v) is 5.03. The molecule has 106 valence electrons. The molecule has 3 rings (SSSR count). The van der Waals surface area contributed by atoms with E-state index in [1.165, 1.54) is 0 Å². The number of rotatable bonds is 4. The molecule has 5 heteroatoms. The Labute approximate surface area is 126 Å². The fraction of sp³-hybridized carbons (Fsp3) is 0.125. The van der Waals surface area contributed by atoms with E-state index < -0.39 is 0 Å². The first-order chi connectivity index (χ1) is 10.2. The number of nitrogens with one attached hydrogen (secondary N) is 1. The van der Waals surface area contributed by atoms with Gasteiger partial charge in [0.2, 0.25) is 5.91 Å². The van der Waals surface area contributed by atoms with Crippen molar-refractivity contribution in [2.24, 2.45) is 0 Å². The summed E-state index contributed by atoms with van der Waals surface area (Å²) in [7, 11) is 0. The number of fused-ring (bicyclic) bond motifs is 1. The quantitative estimate of drug-likeness (QED) is 0.790. The minimum Gasteiger partial charge on any atom is -0.469 e. The maximum Gasteiger partial charge on any atom is 0.224 e. The normalized spacial score (nSPS) is 10.7. The maximum atomic E-state index is 12.0. The van der Waals surface area contributed by atoms with Gasteiger partial charge in [-0.15, -0.1) is 0 Å². The molecule has 4 nitrogen and oxygen atoms in total. The first kappa shape index (κ1) is 13.6. The highest BCUT2D eigenvalue weighted by Gasteiger charge is 2.09. The zero-order chi connectivity index (χ0) is 14.7. The van der Waals surface area contributed by atoms with Crippen LogP contribution in [0, 0.1) is 0 Å². The number of pyridine rings is 1. The summed E-state index contributed by atoms with van der Waals surface area (Å²) in [6.07, 6.45) is 4.20.